The van der Waals surface area contributed by atoms with E-state index in [1.54, 1.807) is 0 Å². The zero-order valence-electron chi connectivity index (χ0n) is 10.4. The SMILES string of the molecule is O=C(O)CC1C(=O)NCCN1C1CCCOCC1. The second-order valence-corrected chi connectivity index (χ2v) is 4.84. The summed E-state index contributed by atoms with van der Waals surface area (Å²) in [7, 11) is 0. The van der Waals surface area contributed by atoms with Crippen LogP contribution in [0.2, 0.25) is 0 Å². The van der Waals surface area contributed by atoms with Crippen molar-refractivity contribution in [1.82, 2.24) is 10.2 Å². The maximum atomic E-state index is 11.8. The van der Waals surface area contributed by atoms with Crippen LogP contribution < -0.4 is 5.32 Å². The normalized spacial score (nSPS) is 30.6. The van der Waals surface area contributed by atoms with Crippen molar-refractivity contribution in [2.45, 2.75) is 37.8 Å². The van der Waals surface area contributed by atoms with E-state index in [1.165, 1.54) is 0 Å². The van der Waals surface area contributed by atoms with E-state index < -0.39 is 12.0 Å². The van der Waals surface area contributed by atoms with Gasteiger partial charge in [-0.2, -0.15) is 0 Å². The third kappa shape index (κ3) is 3.20. The first-order valence-corrected chi connectivity index (χ1v) is 6.51. The van der Waals surface area contributed by atoms with Gasteiger partial charge < -0.3 is 15.2 Å². The molecule has 2 saturated heterocycles. The van der Waals surface area contributed by atoms with Crippen molar-refractivity contribution in [2.75, 3.05) is 26.3 Å². The molecule has 0 aromatic carbocycles. The largest absolute Gasteiger partial charge is 0.481 e. The molecule has 0 saturated carbocycles. The van der Waals surface area contributed by atoms with Gasteiger partial charge in [-0.25, -0.2) is 0 Å². The minimum absolute atomic E-state index is 0.122. The fourth-order valence-electron chi connectivity index (χ4n) is 2.76. The predicted molar refractivity (Wildman–Crippen MR) is 64.2 cm³/mol. The maximum absolute atomic E-state index is 11.8. The number of hydrogen-bond acceptors (Lipinski definition) is 4. The molecule has 2 rings (SSSR count). The average molecular weight is 256 g/mol. The van der Waals surface area contributed by atoms with Crippen molar-refractivity contribution in [3.8, 4) is 0 Å². The molecule has 18 heavy (non-hydrogen) atoms. The van der Waals surface area contributed by atoms with Crippen LogP contribution in [0.4, 0.5) is 0 Å². The van der Waals surface area contributed by atoms with Crippen molar-refractivity contribution in [3.63, 3.8) is 0 Å². The molecule has 2 unspecified atom stereocenters. The molecule has 2 N–H and O–H groups in total. The number of rotatable bonds is 3. The van der Waals surface area contributed by atoms with E-state index in [0.717, 1.165) is 32.4 Å². The Kier molecular flexibility index (Phi) is 4.54. The van der Waals surface area contributed by atoms with Gasteiger partial charge in [0.2, 0.25) is 5.91 Å². The van der Waals surface area contributed by atoms with E-state index in [4.69, 9.17) is 9.84 Å². The zero-order chi connectivity index (χ0) is 13.0. The first kappa shape index (κ1) is 13.3. The second kappa shape index (κ2) is 6.15. The zero-order valence-corrected chi connectivity index (χ0v) is 10.4. The fourth-order valence-corrected chi connectivity index (χ4v) is 2.76. The number of nitrogens with zero attached hydrogens (tertiary/aromatic N) is 1. The lowest BCUT2D eigenvalue weighted by molar-refractivity contribution is -0.144. The molecule has 2 heterocycles. The van der Waals surface area contributed by atoms with Crippen LogP contribution in [0.25, 0.3) is 0 Å². The standard InChI is InChI=1S/C12H20N2O4/c15-11(16)8-10-12(17)13-4-5-14(10)9-2-1-6-18-7-3-9/h9-10H,1-8H2,(H,13,17)(H,15,16). The Hall–Kier alpha value is -1.14. The molecule has 0 spiro atoms. The summed E-state index contributed by atoms with van der Waals surface area (Å²) >= 11 is 0. The number of piperazine rings is 1. The van der Waals surface area contributed by atoms with Crippen LogP contribution in [0.3, 0.4) is 0 Å². The molecule has 2 fully saturated rings. The quantitative estimate of drug-likeness (QED) is 0.733. The number of ether oxygens (including phenoxy) is 1. The molecule has 1 amide bonds. The van der Waals surface area contributed by atoms with E-state index in [2.05, 4.69) is 10.2 Å². The maximum Gasteiger partial charge on any atom is 0.305 e. The van der Waals surface area contributed by atoms with Crippen molar-refractivity contribution >= 4 is 11.9 Å². The molecule has 0 bridgehead atoms. The fraction of sp³-hybridized carbons (Fsp3) is 0.833. The van der Waals surface area contributed by atoms with E-state index in [-0.39, 0.29) is 18.4 Å². The summed E-state index contributed by atoms with van der Waals surface area (Å²) in [5, 5.41) is 11.7. The molecule has 0 radical (unpaired) electrons. The summed E-state index contributed by atoms with van der Waals surface area (Å²) < 4.78 is 5.42. The third-order valence-electron chi connectivity index (χ3n) is 3.63. The summed E-state index contributed by atoms with van der Waals surface area (Å²) in [6.07, 6.45) is 2.71. The van der Waals surface area contributed by atoms with Gasteiger partial charge in [0, 0.05) is 32.3 Å². The van der Waals surface area contributed by atoms with Crippen molar-refractivity contribution in [3.05, 3.63) is 0 Å². The molecule has 102 valence electrons. The number of nitrogens with one attached hydrogen (secondary N) is 1. The van der Waals surface area contributed by atoms with Crippen LogP contribution in [-0.4, -0.2) is 60.3 Å². The van der Waals surface area contributed by atoms with E-state index in [9.17, 15) is 9.59 Å². The lowest BCUT2D eigenvalue weighted by Gasteiger charge is -2.39. The molecular formula is C12H20N2O4. The highest BCUT2D eigenvalue weighted by Gasteiger charge is 2.35. The van der Waals surface area contributed by atoms with Crippen LogP contribution in [0.15, 0.2) is 0 Å². The third-order valence-corrected chi connectivity index (χ3v) is 3.63. The molecule has 6 nitrogen and oxygen atoms in total. The van der Waals surface area contributed by atoms with E-state index in [1.807, 2.05) is 0 Å². The van der Waals surface area contributed by atoms with E-state index >= 15 is 0 Å². The molecule has 0 aliphatic carbocycles. The van der Waals surface area contributed by atoms with Crippen LogP contribution in [-0.2, 0) is 14.3 Å². The minimum Gasteiger partial charge on any atom is -0.481 e. The molecular weight excluding hydrogens is 236 g/mol. The Bertz CT molecular complexity index is 313. The van der Waals surface area contributed by atoms with Crippen LogP contribution in [0.1, 0.15) is 25.7 Å². The van der Waals surface area contributed by atoms with Gasteiger partial charge in [0.15, 0.2) is 0 Å². The second-order valence-electron chi connectivity index (χ2n) is 4.84. The highest BCUT2D eigenvalue weighted by atomic mass is 16.5. The summed E-state index contributed by atoms with van der Waals surface area (Å²) in [5.74, 6) is -1.08. The Morgan fingerprint density at radius 3 is 3.06 bits per heavy atom. The molecule has 0 aromatic rings. The first-order chi connectivity index (χ1) is 8.68. The van der Waals surface area contributed by atoms with Gasteiger partial charge in [-0.15, -0.1) is 0 Å². The van der Waals surface area contributed by atoms with Crippen molar-refractivity contribution in [2.24, 2.45) is 0 Å². The van der Waals surface area contributed by atoms with Gasteiger partial charge in [-0.1, -0.05) is 0 Å². The van der Waals surface area contributed by atoms with Gasteiger partial charge in [-0.05, 0) is 19.3 Å². The summed E-state index contributed by atoms with van der Waals surface area (Å²) in [6.45, 7) is 2.80. The number of aliphatic carboxylic acids is 1. The Morgan fingerprint density at radius 1 is 1.44 bits per heavy atom. The monoisotopic (exact) mass is 256 g/mol. The lowest BCUT2D eigenvalue weighted by Crippen LogP contribution is -2.59. The van der Waals surface area contributed by atoms with Gasteiger partial charge in [-0.3, -0.25) is 14.5 Å². The number of carbonyl (C=O) groups excluding carboxylic acids is 1. The van der Waals surface area contributed by atoms with E-state index in [0.29, 0.717) is 13.2 Å². The first-order valence-electron chi connectivity index (χ1n) is 6.51. The van der Waals surface area contributed by atoms with Crippen LogP contribution >= 0.6 is 0 Å². The average Bonchev–Trinajstić information content (AvgIpc) is 2.60. The smallest absolute Gasteiger partial charge is 0.305 e. The summed E-state index contributed by atoms with van der Waals surface area (Å²) in [6, 6.07) is -0.262. The topological polar surface area (TPSA) is 78.9 Å². The van der Waals surface area contributed by atoms with Crippen molar-refractivity contribution in [1.29, 1.82) is 0 Å². The predicted octanol–water partition coefficient (Wildman–Crippen LogP) is -0.169. The Balaban J connectivity index is 2.05. The highest BCUT2D eigenvalue weighted by molar-refractivity contribution is 5.86. The lowest BCUT2D eigenvalue weighted by atomic mass is 10.0. The molecule has 2 aliphatic rings. The number of carboxylic acids is 1. The van der Waals surface area contributed by atoms with Gasteiger partial charge in [0.25, 0.3) is 0 Å². The number of hydrogen-bond donors (Lipinski definition) is 2. The molecule has 0 aromatic heterocycles. The minimum atomic E-state index is -0.924. The Labute approximate surface area is 106 Å². The summed E-state index contributed by atoms with van der Waals surface area (Å²) in [4.78, 5) is 24.8. The summed E-state index contributed by atoms with van der Waals surface area (Å²) in [5.41, 5.74) is 0. The van der Waals surface area contributed by atoms with Gasteiger partial charge in [0.05, 0.1) is 12.5 Å². The van der Waals surface area contributed by atoms with Crippen molar-refractivity contribution < 1.29 is 19.4 Å². The number of carboxylic acid groups (broad SMARTS) is 1. The van der Waals surface area contributed by atoms with Gasteiger partial charge >= 0.3 is 5.97 Å². The van der Waals surface area contributed by atoms with Gasteiger partial charge in [0.1, 0.15) is 0 Å². The van der Waals surface area contributed by atoms with Crippen LogP contribution in [0, 0.1) is 0 Å². The van der Waals surface area contributed by atoms with Crippen LogP contribution in [0.5, 0.6) is 0 Å². The number of amides is 1. The molecule has 2 atom stereocenters. The highest BCUT2D eigenvalue weighted by Crippen LogP contribution is 2.21. The molecule has 2 aliphatic heterocycles. The Morgan fingerprint density at radius 2 is 2.28 bits per heavy atom. The molecule has 6 heteroatoms. The number of carbonyl (C=O) groups is 2.